The molecule has 1 aromatic carbocycles. The van der Waals surface area contributed by atoms with Crippen LogP contribution in [-0.4, -0.2) is 39.5 Å². The third-order valence-corrected chi connectivity index (χ3v) is 7.08. The van der Waals surface area contributed by atoms with E-state index in [0.29, 0.717) is 12.5 Å². The van der Waals surface area contributed by atoms with Gasteiger partial charge in [-0.15, -0.1) is 10.2 Å². The summed E-state index contributed by atoms with van der Waals surface area (Å²) in [5.74, 6) is 1.84. The number of carbonyl (C=O) groups excluding carboxylic acids is 1. The highest BCUT2D eigenvalue weighted by molar-refractivity contribution is 7.99. The first kappa shape index (κ1) is 19.0. The van der Waals surface area contributed by atoms with Gasteiger partial charge in [-0.1, -0.05) is 17.8 Å². The summed E-state index contributed by atoms with van der Waals surface area (Å²) < 4.78 is 2.33. The van der Waals surface area contributed by atoms with Crippen LogP contribution >= 0.6 is 11.8 Å². The van der Waals surface area contributed by atoms with Gasteiger partial charge < -0.3 is 10.2 Å². The molecule has 3 aliphatic rings. The van der Waals surface area contributed by atoms with Crippen molar-refractivity contribution in [2.45, 2.75) is 69.0 Å². The summed E-state index contributed by atoms with van der Waals surface area (Å²) in [7, 11) is 0. The van der Waals surface area contributed by atoms with Gasteiger partial charge in [0.25, 0.3) is 0 Å². The van der Waals surface area contributed by atoms with Gasteiger partial charge in [-0.3, -0.25) is 9.36 Å². The Morgan fingerprint density at radius 2 is 1.90 bits per heavy atom. The van der Waals surface area contributed by atoms with E-state index in [1.807, 2.05) is 6.07 Å². The Morgan fingerprint density at radius 1 is 1.07 bits per heavy atom. The van der Waals surface area contributed by atoms with Crippen LogP contribution in [0.1, 0.15) is 62.1 Å². The SMILES string of the molecule is O=C(CCSc1nnc(N2CCCCC2)n1C1CC1)Nc1ccc2c(c1)CCC2. The number of fused-ring (bicyclic) bond motifs is 1. The molecule has 1 aromatic heterocycles. The third-order valence-electron chi connectivity index (χ3n) is 6.14. The molecule has 2 aliphatic carbocycles. The summed E-state index contributed by atoms with van der Waals surface area (Å²) in [6.07, 6.45) is 10.2. The minimum atomic E-state index is 0.0733. The summed E-state index contributed by atoms with van der Waals surface area (Å²) in [6, 6.07) is 6.88. The van der Waals surface area contributed by atoms with E-state index >= 15 is 0 Å². The minimum absolute atomic E-state index is 0.0733. The molecule has 0 spiro atoms. The molecule has 0 atom stereocenters. The van der Waals surface area contributed by atoms with Crippen LogP contribution < -0.4 is 10.2 Å². The van der Waals surface area contributed by atoms with E-state index in [1.165, 1.54) is 56.1 Å². The molecule has 1 saturated heterocycles. The van der Waals surface area contributed by atoms with Gasteiger partial charge in [0.05, 0.1) is 0 Å². The van der Waals surface area contributed by atoms with Crippen molar-refractivity contribution in [1.29, 1.82) is 0 Å². The molecule has 0 radical (unpaired) electrons. The molecule has 29 heavy (non-hydrogen) atoms. The Bertz CT molecular complexity index is 885. The van der Waals surface area contributed by atoms with Crippen molar-refractivity contribution in [3.8, 4) is 0 Å². The van der Waals surface area contributed by atoms with E-state index in [4.69, 9.17) is 0 Å². The van der Waals surface area contributed by atoms with Gasteiger partial charge in [0.1, 0.15) is 0 Å². The molecule has 2 fully saturated rings. The number of nitrogens with one attached hydrogen (secondary N) is 1. The normalized spacial score (nSPS) is 18.7. The van der Waals surface area contributed by atoms with Crippen molar-refractivity contribution >= 4 is 29.3 Å². The lowest BCUT2D eigenvalue weighted by atomic mass is 10.1. The highest BCUT2D eigenvalue weighted by Gasteiger charge is 2.32. The number of aryl methyl sites for hydroxylation is 2. The predicted octanol–water partition coefficient (Wildman–Crippen LogP) is 4.21. The third kappa shape index (κ3) is 4.29. The number of nitrogens with zero attached hydrogens (tertiary/aromatic N) is 4. The lowest BCUT2D eigenvalue weighted by molar-refractivity contribution is -0.115. The zero-order chi connectivity index (χ0) is 19.6. The van der Waals surface area contributed by atoms with Crippen LogP contribution in [-0.2, 0) is 17.6 Å². The van der Waals surface area contributed by atoms with Gasteiger partial charge in [0.2, 0.25) is 11.9 Å². The summed E-state index contributed by atoms with van der Waals surface area (Å²) in [5.41, 5.74) is 3.75. The number of amides is 1. The summed E-state index contributed by atoms with van der Waals surface area (Å²) in [5, 5.41) is 13.0. The molecule has 1 saturated carbocycles. The van der Waals surface area contributed by atoms with Crippen LogP contribution in [0.25, 0.3) is 0 Å². The fourth-order valence-electron chi connectivity index (χ4n) is 4.44. The second kappa shape index (κ2) is 8.38. The molecule has 2 heterocycles. The van der Waals surface area contributed by atoms with Gasteiger partial charge in [0.15, 0.2) is 5.16 Å². The maximum absolute atomic E-state index is 12.4. The lowest BCUT2D eigenvalue weighted by Crippen LogP contribution is -2.31. The van der Waals surface area contributed by atoms with Crippen LogP contribution in [0.5, 0.6) is 0 Å². The van der Waals surface area contributed by atoms with Crippen LogP contribution in [0.2, 0.25) is 0 Å². The number of anilines is 2. The average Bonchev–Trinajstić information content (AvgIpc) is 3.31. The molecule has 1 amide bonds. The number of hydrogen-bond acceptors (Lipinski definition) is 5. The summed E-state index contributed by atoms with van der Waals surface area (Å²) >= 11 is 1.66. The number of aromatic nitrogens is 3. The molecular weight excluding hydrogens is 382 g/mol. The van der Waals surface area contributed by atoms with E-state index in [2.05, 4.69) is 37.1 Å². The van der Waals surface area contributed by atoms with Crippen LogP contribution in [0.4, 0.5) is 11.6 Å². The van der Waals surface area contributed by atoms with Crippen molar-refractivity contribution in [2.24, 2.45) is 0 Å². The maximum Gasteiger partial charge on any atom is 0.228 e. The Hall–Kier alpha value is -2.02. The molecule has 154 valence electrons. The molecule has 2 aromatic rings. The number of benzene rings is 1. The smallest absolute Gasteiger partial charge is 0.228 e. The van der Waals surface area contributed by atoms with Crippen molar-refractivity contribution < 1.29 is 4.79 Å². The minimum Gasteiger partial charge on any atom is -0.341 e. The summed E-state index contributed by atoms with van der Waals surface area (Å²) in [6.45, 7) is 2.16. The summed E-state index contributed by atoms with van der Waals surface area (Å²) in [4.78, 5) is 14.8. The van der Waals surface area contributed by atoms with Crippen molar-refractivity contribution in [3.05, 3.63) is 29.3 Å². The highest BCUT2D eigenvalue weighted by atomic mass is 32.2. The number of thioether (sulfide) groups is 1. The van der Waals surface area contributed by atoms with E-state index in [9.17, 15) is 4.79 Å². The molecule has 0 bridgehead atoms. The van der Waals surface area contributed by atoms with Crippen molar-refractivity contribution in [2.75, 3.05) is 29.1 Å². The van der Waals surface area contributed by atoms with E-state index < -0.39 is 0 Å². The Balaban J connectivity index is 1.17. The fraction of sp³-hybridized carbons (Fsp3) is 0.591. The second-order valence-corrected chi connectivity index (χ2v) is 9.48. The zero-order valence-electron chi connectivity index (χ0n) is 16.9. The van der Waals surface area contributed by atoms with Gasteiger partial charge in [-0.25, -0.2) is 0 Å². The van der Waals surface area contributed by atoms with Gasteiger partial charge in [-0.2, -0.15) is 0 Å². The first-order valence-corrected chi connectivity index (χ1v) is 12.0. The van der Waals surface area contributed by atoms with Crippen molar-refractivity contribution in [3.63, 3.8) is 0 Å². The predicted molar refractivity (Wildman–Crippen MR) is 117 cm³/mol. The molecule has 1 N–H and O–H groups in total. The largest absolute Gasteiger partial charge is 0.341 e. The first-order chi connectivity index (χ1) is 14.3. The van der Waals surface area contributed by atoms with Gasteiger partial charge in [-0.05, 0) is 74.6 Å². The quantitative estimate of drug-likeness (QED) is 0.692. The van der Waals surface area contributed by atoms with E-state index in [1.54, 1.807) is 11.8 Å². The Kier molecular flexibility index (Phi) is 5.48. The van der Waals surface area contributed by atoms with Crippen molar-refractivity contribution in [1.82, 2.24) is 14.8 Å². The number of carbonyl (C=O) groups is 1. The number of piperidine rings is 1. The lowest BCUT2D eigenvalue weighted by Gasteiger charge is -2.27. The Labute approximate surface area is 176 Å². The second-order valence-electron chi connectivity index (χ2n) is 8.42. The fourth-order valence-corrected chi connectivity index (χ4v) is 5.38. The zero-order valence-corrected chi connectivity index (χ0v) is 17.7. The molecule has 7 heteroatoms. The molecular formula is C22H29N5OS. The standard InChI is InChI=1S/C22H29N5OS/c28-20(23-18-8-7-16-5-4-6-17(16)15-18)11-14-29-22-25-24-21(27(22)19-9-10-19)26-12-2-1-3-13-26/h7-8,15,19H,1-6,9-14H2,(H,23,28). The highest BCUT2D eigenvalue weighted by Crippen LogP contribution is 2.41. The molecule has 0 unspecified atom stereocenters. The van der Waals surface area contributed by atoms with Gasteiger partial charge in [0, 0.05) is 37.0 Å². The number of rotatable bonds is 7. The molecule has 5 rings (SSSR count). The maximum atomic E-state index is 12.4. The monoisotopic (exact) mass is 411 g/mol. The number of hydrogen-bond donors (Lipinski definition) is 1. The van der Waals surface area contributed by atoms with Crippen LogP contribution in [0, 0.1) is 0 Å². The van der Waals surface area contributed by atoms with Crippen LogP contribution in [0.3, 0.4) is 0 Å². The topological polar surface area (TPSA) is 63.1 Å². The first-order valence-electron chi connectivity index (χ1n) is 11.0. The van der Waals surface area contributed by atoms with Crippen LogP contribution in [0.15, 0.2) is 23.4 Å². The van der Waals surface area contributed by atoms with E-state index in [0.717, 1.165) is 42.1 Å². The average molecular weight is 412 g/mol. The van der Waals surface area contributed by atoms with Gasteiger partial charge >= 0.3 is 0 Å². The Morgan fingerprint density at radius 3 is 2.72 bits per heavy atom. The molecule has 6 nitrogen and oxygen atoms in total. The van der Waals surface area contributed by atoms with E-state index in [-0.39, 0.29) is 5.91 Å². The molecule has 1 aliphatic heterocycles.